The third kappa shape index (κ3) is 3.70. The summed E-state index contributed by atoms with van der Waals surface area (Å²) in [5, 5.41) is 3.33. The first-order chi connectivity index (χ1) is 9.06. The normalized spacial score (nSPS) is 10.3. The van der Waals surface area contributed by atoms with E-state index in [4.69, 9.17) is 0 Å². The van der Waals surface area contributed by atoms with Crippen molar-refractivity contribution in [2.75, 3.05) is 24.3 Å². The summed E-state index contributed by atoms with van der Waals surface area (Å²) in [7, 11) is 4.11. The van der Waals surface area contributed by atoms with Crippen LogP contribution in [0.3, 0.4) is 0 Å². The van der Waals surface area contributed by atoms with Gasteiger partial charge in [-0.15, -0.1) is 0 Å². The predicted molar refractivity (Wildman–Crippen MR) is 84.8 cm³/mol. The van der Waals surface area contributed by atoms with E-state index in [1.54, 1.807) is 6.20 Å². The molecular weight excluding hydrogens is 302 g/mol. The van der Waals surface area contributed by atoms with E-state index >= 15 is 0 Å². The molecule has 0 amide bonds. The van der Waals surface area contributed by atoms with Crippen molar-refractivity contribution >= 4 is 27.4 Å². The highest BCUT2D eigenvalue weighted by Gasteiger charge is 2.02. The van der Waals surface area contributed by atoms with Gasteiger partial charge in [-0.25, -0.2) is 4.98 Å². The minimum Gasteiger partial charge on any atom is -0.378 e. The van der Waals surface area contributed by atoms with Crippen molar-refractivity contribution in [2.45, 2.75) is 13.5 Å². The predicted octanol–water partition coefficient (Wildman–Crippen LogP) is 3.83. The number of hydrogen-bond donors (Lipinski definition) is 1. The van der Waals surface area contributed by atoms with Gasteiger partial charge in [-0.2, -0.15) is 0 Å². The Hall–Kier alpha value is -1.55. The fourth-order valence-electron chi connectivity index (χ4n) is 1.82. The third-order valence-corrected chi connectivity index (χ3v) is 3.50. The third-order valence-electron chi connectivity index (χ3n) is 3.03. The molecule has 100 valence electrons. The molecule has 0 aliphatic rings. The van der Waals surface area contributed by atoms with Crippen LogP contribution in [-0.4, -0.2) is 19.1 Å². The number of benzene rings is 1. The Morgan fingerprint density at radius 2 is 2.00 bits per heavy atom. The fraction of sp³-hybridized carbons (Fsp3) is 0.267. The molecule has 3 nitrogen and oxygen atoms in total. The molecule has 1 aromatic carbocycles. The van der Waals surface area contributed by atoms with Gasteiger partial charge in [0, 0.05) is 37.0 Å². The lowest BCUT2D eigenvalue weighted by molar-refractivity contribution is 1.07. The standard InChI is InChI=1S/C15H18BrN3/c1-11-8-14(19(2)3)6-4-12(11)9-17-15-7-5-13(16)10-18-15/h4-8,10H,9H2,1-3H3,(H,17,18). The average Bonchev–Trinajstić information content (AvgIpc) is 2.39. The van der Waals surface area contributed by atoms with Crippen LogP contribution in [0.5, 0.6) is 0 Å². The smallest absolute Gasteiger partial charge is 0.126 e. The zero-order valence-corrected chi connectivity index (χ0v) is 13.0. The van der Waals surface area contributed by atoms with E-state index in [1.807, 2.05) is 12.1 Å². The van der Waals surface area contributed by atoms with E-state index in [0.29, 0.717) is 0 Å². The van der Waals surface area contributed by atoms with Gasteiger partial charge in [0.25, 0.3) is 0 Å². The summed E-state index contributed by atoms with van der Waals surface area (Å²) in [6, 6.07) is 10.5. The number of rotatable bonds is 4. The highest BCUT2D eigenvalue weighted by Crippen LogP contribution is 2.18. The van der Waals surface area contributed by atoms with Crippen molar-refractivity contribution in [2.24, 2.45) is 0 Å². The number of nitrogens with zero attached hydrogens (tertiary/aromatic N) is 2. The lowest BCUT2D eigenvalue weighted by Crippen LogP contribution is -2.09. The number of anilines is 2. The van der Waals surface area contributed by atoms with Crippen LogP contribution in [-0.2, 0) is 6.54 Å². The molecule has 1 aromatic heterocycles. The molecule has 4 heteroatoms. The highest BCUT2D eigenvalue weighted by atomic mass is 79.9. The number of pyridine rings is 1. The van der Waals surface area contributed by atoms with Crippen LogP contribution in [0, 0.1) is 6.92 Å². The van der Waals surface area contributed by atoms with Gasteiger partial charge in [-0.1, -0.05) is 6.07 Å². The molecule has 0 bridgehead atoms. The highest BCUT2D eigenvalue weighted by molar-refractivity contribution is 9.10. The zero-order chi connectivity index (χ0) is 13.8. The SMILES string of the molecule is Cc1cc(N(C)C)ccc1CNc1ccc(Br)cn1. The summed E-state index contributed by atoms with van der Waals surface area (Å²) in [6.07, 6.45) is 1.80. The first-order valence-corrected chi connectivity index (χ1v) is 6.98. The van der Waals surface area contributed by atoms with Gasteiger partial charge in [-0.05, 0) is 58.2 Å². The Labute approximate surface area is 122 Å². The molecular formula is C15H18BrN3. The van der Waals surface area contributed by atoms with Crippen LogP contribution in [0.25, 0.3) is 0 Å². The Morgan fingerprint density at radius 3 is 2.58 bits per heavy atom. The van der Waals surface area contributed by atoms with Crippen molar-refractivity contribution in [3.8, 4) is 0 Å². The van der Waals surface area contributed by atoms with Crippen molar-refractivity contribution in [3.63, 3.8) is 0 Å². The van der Waals surface area contributed by atoms with Gasteiger partial charge in [0.05, 0.1) is 0 Å². The van der Waals surface area contributed by atoms with Gasteiger partial charge in [0.2, 0.25) is 0 Å². The van der Waals surface area contributed by atoms with Crippen LogP contribution in [0.2, 0.25) is 0 Å². The zero-order valence-electron chi connectivity index (χ0n) is 11.4. The number of hydrogen-bond acceptors (Lipinski definition) is 3. The Bertz CT molecular complexity index is 550. The molecule has 0 atom stereocenters. The van der Waals surface area contributed by atoms with Gasteiger partial charge >= 0.3 is 0 Å². The van der Waals surface area contributed by atoms with Crippen molar-refractivity contribution in [1.82, 2.24) is 4.98 Å². The first-order valence-electron chi connectivity index (χ1n) is 6.18. The van der Waals surface area contributed by atoms with E-state index in [1.165, 1.54) is 16.8 Å². The molecule has 2 rings (SSSR count). The van der Waals surface area contributed by atoms with Crippen LogP contribution in [0.4, 0.5) is 11.5 Å². The molecule has 19 heavy (non-hydrogen) atoms. The summed E-state index contributed by atoms with van der Waals surface area (Å²) in [5.41, 5.74) is 3.80. The largest absolute Gasteiger partial charge is 0.378 e. The monoisotopic (exact) mass is 319 g/mol. The first kappa shape index (κ1) is 13.9. The molecule has 1 N–H and O–H groups in total. The van der Waals surface area contributed by atoms with E-state index in [-0.39, 0.29) is 0 Å². The van der Waals surface area contributed by atoms with Crippen LogP contribution >= 0.6 is 15.9 Å². The lowest BCUT2D eigenvalue weighted by Gasteiger charge is -2.15. The molecule has 0 saturated carbocycles. The Morgan fingerprint density at radius 1 is 1.21 bits per heavy atom. The minimum atomic E-state index is 0.786. The maximum Gasteiger partial charge on any atom is 0.126 e. The Balaban J connectivity index is 2.05. The number of halogens is 1. The maximum absolute atomic E-state index is 4.30. The molecule has 0 unspecified atom stereocenters. The molecule has 0 radical (unpaired) electrons. The van der Waals surface area contributed by atoms with Gasteiger partial charge in [-0.3, -0.25) is 0 Å². The van der Waals surface area contributed by atoms with Crippen LogP contribution in [0.15, 0.2) is 41.0 Å². The van der Waals surface area contributed by atoms with Gasteiger partial charge < -0.3 is 10.2 Å². The summed E-state index contributed by atoms with van der Waals surface area (Å²) in [5.74, 6) is 0.888. The van der Waals surface area contributed by atoms with Gasteiger partial charge in [0.1, 0.15) is 5.82 Å². The number of nitrogens with one attached hydrogen (secondary N) is 1. The fourth-order valence-corrected chi connectivity index (χ4v) is 2.06. The lowest BCUT2D eigenvalue weighted by atomic mass is 10.1. The summed E-state index contributed by atoms with van der Waals surface area (Å²) >= 11 is 3.38. The minimum absolute atomic E-state index is 0.786. The van der Waals surface area contributed by atoms with E-state index in [2.05, 4.69) is 70.3 Å². The summed E-state index contributed by atoms with van der Waals surface area (Å²) in [4.78, 5) is 6.41. The summed E-state index contributed by atoms with van der Waals surface area (Å²) in [6.45, 7) is 2.92. The van der Waals surface area contributed by atoms with E-state index in [9.17, 15) is 0 Å². The quantitative estimate of drug-likeness (QED) is 0.928. The Kier molecular flexibility index (Phi) is 4.43. The number of aromatic nitrogens is 1. The van der Waals surface area contributed by atoms with Crippen LogP contribution < -0.4 is 10.2 Å². The van der Waals surface area contributed by atoms with Crippen molar-refractivity contribution < 1.29 is 0 Å². The van der Waals surface area contributed by atoms with E-state index < -0.39 is 0 Å². The molecule has 0 spiro atoms. The van der Waals surface area contributed by atoms with Crippen molar-refractivity contribution in [3.05, 3.63) is 52.1 Å². The van der Waals surface area contributed by atoms with E-state index in [0.717, 1.165) is 16.8 Å². The molecule has 0 aliphatic carbocycles. The summed E-state index contributed by atoms with van der Waals surface area (Å²) < 4.78 is 0.990. The topological polar surface area (TPSA) is 28.2 Å². The second kappa shape index (κ2) is 6.06. The molecule has 0 fully saturated rings. The average molecular weight is 320 g/mol. The van der Waals surface area contributed by atoms with Crippen LogP contribution in [0.1, 0.15) is 11.1 Å². The molecule has 1 heterocycles. The second-order valence-electron chi connectivity index (χ2n) is 4.72. The number of aryl methyl sites for hydroxylation is 1. The second-order valence-corrected chi connectivity index (χ2v) is 5.64. The molecule has 0 saturated heterocycles. The maximum atomic E-state index is 4.30. The molecule has 0 aliphatic heterocycles. The van der Waals surface area contributed by atoms with Gasteiger partial charge in [0.15, 0.2) is 0 Å². The van der Waals surface area contributed by atoms with Crippen molar-refractivity contribution in [1.29, 1.82) is 0 Å². The molecule has 2 aromatic rings.